The van der Waals surface area contributed by atoms with Crippen LogP contribution in [0.1, 0.15) is 5.56 Å². The van der Waals surface area contributed by atoms with E-state index >= 15 is 0 Å². The molecule has 0 heterocycles. The second-order valence-corrected chi connectivity index (χ2v) is 4.45. The van der Waals surface area contributed by atoms with Gasteiger partial charge in [-0.1, -0.05) is 11.6 Å². The molecule has 3 N–H and O–H groups in total. The molecule has 0 saturated heterocycles. The molecule has 0 aliphatic carbocycles. The molecule has 0 aliphatic heterocycles. The van der Waals surface area contributed by atoms with E-state index in [1.807, 2.05) is 37.3 Å². The monoisotopic (exact) mass is 262 g/mol. The van der Waals surface area contributed by atoms with Crippen LogP contribution in [0.3, 0.4) is 0 Å². The third-order valence-electron chi connectivity index (χ3n) is 2.69. The highest BCUT2D eigenvalue weighted by Gasteiger charge is 2.05. The van der Waals surface area contributed by atoms with Gasteiger partial charge in [-0.3, -0.25) is 0 Å². The molecule has 0 radical (unpaired) electrons. The molecule has 0 aliphatic rings. The summed E-state index contributed by atoms with van der Waals surface area (Å²) >= 11 is 6.14. The van der Waals surface area contributed by atoms with Gasteiger partial charge < -0.3 is 15.8 Å². The van der Waals surface area contributed by atoms with Crippen molar-refractivity contribution in [3.63, 3.8) is 0 Å². The van der Waals surface area contributed by atoms with Gasteiger partial charge in [0, 0.05) is 17.4 Å². The fourth-order valence-electron chi connectivity index (χ4n) is 1.70. The van der Waals surface area contributed by atoms with E-state index in [1.54, 1.807) is 13.2 Å². The van der Waals surface area contributed by atoms with E-state index in [0.717, 1.165) is 28.4 Å². The largest absolute Gasteiger partial charge is 0.497 e. The SMILES string of the molecule is COc1ccc(Cl)c(Nc2ccc(N)cc2C)c1. The van der Waals surface area contributed by atoms with E-state index in [9.17, 15) is 0 Å². The average molecular weight is 263 g/mol. The molecule has 0 unspecified atom stereocenters. The zero-order valence-electron chi connectivity index (χ0n) is 10.3. The summed E-state index contributed by atoms with van der Waals surface area (Å²) in [5, 5.41) is 3.92. The molecule has 0 fully saturated rings. The summed E-state index contributed by atoms with van der Waals surface area (Å²) in [6.45, 7) is 1.99. The first kappa shape index (κ1) is 12.6. The number of hydrogen-bond acceptors (Lipinski definition) is 3. The maximum atomic E-state index is 6.14. The number of benzene rings is 2. The van der Waals surface area contributed by atoms with E-state index in [2.05, 4.69) is 5.32 Å². The number of aryl methyl sites for hydroxylation is 1. The van der Waals surface area contributed by atoms with E-state index in [4.69, 9.17) is 22.1 Å². The van der Waals surface area contributed by atoms with Gasteiger partial charge in [-0.05, 0) is 42.8 Å². The predicted octanol–water partition coefficient (Wildman–Crippen LogP) is 3.98. The molecular formula is C14H15ClN2O. The summed E-state index contributed by atoms with van der Waals surface area (Å²) in [7, 11) is 1.63. The summed E-state index contributed by atoms with van der Waals surface area (Å²) in [5.74, 6) is 0.759. The number of nitrogen functional groups attached to an aromatic ring is 1. The van der Waals surface area contributed by atoms with Crippen LogP contribution in [0, 0.1) is 6.92 Å². The van der Waals surface area contributed by atoms with Crippen LogP contribution in [0.25, 0.3) is 0 Å². The molecule has 4 heteroatoms. The molecule has 0 amide bonds. The van der Waals surface area contributed by atoms with Crippen molar-refractivity contribution in [2.75, 3.05) is 18.2 Å². The highest BCUT2D eigenvalue weighted by molar-refractivity contribution is 6.33. The third kappa shape index (κ3) is 2.68. The fourth-order valence-corrected chi connectivity index (χ4v) is 1.86. The topological polar surface area (TPSA) is 47.3 Å². The molecule has 18 heavy (non-hydrogen) atoms. The summed E-state index contributed by atoms with van der Waals surface area (Å²) < 4.78 is 5.18. The highest BCUT2D eigenvalue weighted by atomic mass is 35.5. The van der Waals surface area contributed by atoms with Crippen LogP contribution in [-0.2, 0) is 0 Å². The van der Waals surface area contributed by atoms with Crippen molar-refractivity contribution in [2.45, 2.75) is 6.92 Å². The lowest BCUT2D eigenvalue weighted by molar-refractivity contribution is 0.415. The smallest absolute Gasteiger partial charge is 0.121 e. The van der Waals surface area contributed by atoms with Gasteiger partial charge in [0.05, 0.1) is 17.8 Å². The molecule has 0 aromatic heterocycles. The van der Waals surface area contributed by atoms with E-state index in [1.165, 1.54) is 0 Å². The van der Waals surface area contributed by atoms with Gasteiger partial charge in [0.25, 0.3) is 0 Å². The minimum absolute atomic E-state index is 0.645. The first-order valence-electron chi connectivity index (χ1n) is 5.57. The van der Waals surface area contributed by atoms with Crippen molar-refractivity contribution in [1.82, 2.24) is 0 Å². The number of halogens is 1. The Bertz CT molecular complexity index is 570. The van der Waals surface area contributed by atoms with Crippen LogP contribution in [0.15, 0.2) is 36.4 Å². The Labute approximate surface area is 112 Å². The van der Waals surface area contributed by atoms with Crippen molar-refractivity contribution in [1.29, 1.82) is 0 Å². The van der Waals surface area contributed by atoms with Crippen molar-refractivity contribution in [2.24, 2.45) is 0 Å². The Morgan fingerprint density at radius 1 is 1.11 bits per heavy atom. The lowest BCUT2D eigenvalue weighted by atomic mass is 10.1. The predicted molar refractivity (Wildman–Crippen MR) is 76.9 cm³/mol. The first-order chi connectivity index (χ1) is 8.60. The number of hydrogen-bond donors (Lipinski definition) is 2. The maximum Gasteiger partial charge on any atom is 0.121 e. The minimum atomic E-state index is 0.645. The van der Waals surface area contributed by atoms with Gasteiger partial charge in [0.2, 0.25) is 0 Å². The Hall–Kier alpha value is -1.87. The zero-order chi connectivity index (χ0) is 13.1. The molecule has 0 atom stereocenters. The van der Waals surface area contributed by atoms with Crippen LogP contribution >= 0.6 is 11.6 Å². The summed E-state index contributed by atoms with van der Waals surface area (Å²) in [6, 6.07) is 11.2. The van der Waals surface area contributed by atoms with Gasteiger partial charge in [0.15, 0.2) is 0 Å². The lowest BCUT2D eigenvalue weighted by Crippen LogP contribution is -1.96. The van der Waals surface area contributed by atoms with Crippen LogP contribution in [0.2, 0.25) is 5.02 Å². The molecule has 0 spiro atoms. The molecule has 2 aromatic rings. The van der Waals surface area contributed by atoms with Crippen molar-refractivity contribution in [3.8, 4) is 5.75 Å². The minimum Gasteiger partial charge on any atom is -0.497 e. The molecule has 0 bridgehead atoms. The number of anilines is 3. The molecular weight excluding hydrogens is 248 g/mol. The Kier molecular flexibility index (Phi) is 3.63. The number of ether oxygens (including phenoxy) is 1. The molecule has 94 valence electrons. The van der Waals surface area contributed by atoms with Gasteiger partial charge in [-0.15, -0.1) is 0 Å². The highest BCUT2D eigenvalue weighted by Crippen LogP contribution is 2.31. The number of rotatable bonds is 3. The van der Waals surface area contributed by atoms with E-state index < -0.39 is 0 Å². The fraction of sp³-hybridized carbons (Fsp3) is 0.143. The van der Waals surface area contributed by atoms with Crippen LogP contribution in [0.4, 0.5) is 17.1 Å². The number of nitrogens with two attached hydrogens (primary N) is 1. The first-order valence-corrected chi connectivity index (χ1v) is 5.94. The molecule has 2 rings (SSSR count). The Morgan fingerprint density at radius 2 is 1.89 bits per heavy atom. The summed E-state index contributed by atoms with van der Waals surface area (Å²) in [6.07, 6.45) is 0. The third-order valence-corrected chi connectivity index (χ3v) is 3.02. The average Bonchev–Trinajstić information content (AvgIpc) is 2.35. The van der Waals surface area contributed by atoms with Gasteiger partial charge in [0.1, 0.15) is 5.75 Å². The summed E-state index contributed by atoms with van der Waals surface area (Å²) in [4.78, 5) is 0. The maximum absolute atomic E-state index is 6.14. The van der Waals surface area contributed by atoms with Crippen LogP contribution in [-0.4, -0.2) is 7.11 Å². The van der Waals surface area contributed by atoms with Gasteiger partial charge >= 0.3 is 0 Å². The second-order valence-electron chi connectivity index (χ2n) is 4.05. The van der Waals surface area contributed by atoms with Gasteiger partial charge in [-0.2, -0.15) is 0 Å². The quantitative estimate of drug-likeness (QED) is 0.823. The van der Waals surface area contributed by atoms with Crippen molar-refractivity contribution < 1.29 is 4.74 Å². The Morgan fingerprint density at radius 3 is 2.56 bits per heavy atom. The number of nitrogens with one attached hydrogen (secondary N) is 1. The van der Waals surface area contributed by atoms with Crippen molar-refractivity contribution in [3.05, 3.63) is 47.0 Å². The van der Waals surface area contributed by atoms with Crippen molar-refractivity contribution >= 4 is 28.7 Å². The summed E-state index contributed by atoms with van der Waals surface area (Å²) in [5.41, 5.74) is 9.31. The standard InChI is InChI=1S/C14H15ClN2O/c1-9-7-10(16)3-6-13(9)17-14-8-11(18-2)4-5-12(14)15/h3-8,17H,16H2,1-2H3. The molecule has 2 aromatic carbocycles. The molecule has 3 nitrogen and oxygen atoms in total. The Balaban J connectivity index is 2.33. The number of methoxy groups -OCH3 is 1. The van der Waals surface area contributed by atoms with Crippen LogP contribution < -0.4 is 15.8 Å². The second kappa shape index (κ2) is 5.19. The van der Waals surface area contributed by atoms with Gasteiger partial charge in [-0.25, -0.2) is 0 Å². The zero-order valence-corrected chi connectivity index (χ0v) is 11.1. The van der Waals surface area contributed by atoms with E-state index in [0.29, 0.717) is 5.02 Å². The van der Waals surface area contributed by atoms with E-state index in [-0.39, 0.29) is 0 Å². The molecule has 0 saturated carbocycles. The lowest BCUT2D eigenvalue weighted by Gasteiger charge is -2.12. The normalized spacial score (nSPS) is 10.2. The van der Waals surface area contributed by atoms with Crippen LogP contribution in [0.5, 0.6) is 5.75 Å².